The van der Waals surface area contributed by atoms with Crippen LogP contribution >= 0.6 is 0 Å². The topological polar surface area (TPSA) is 110 Å². The van der Waals surface area contributed by atoms with E-state index in [2.05, 4.69) is 4.72 Å². The van der Waals surface area contributed by atoms with E-state index in [9.17, 15) is 16.8 Å². The van der Waals surface area contributed by atoms with Crippen molar-refractivity contribution in [2.24, 2.45) is 5.73 Å². The van der Waals surface area contributed by atoms with Crippen molar-refractivity contribution in [3.8, 4) is 0 Å². The van der Waals surface area contributed by atoms with Gasteiger partial charge in [0.2, 0.25) is 20.0 Å². The van der Waals surface area contributed by atoms with Gasteiger partial charge in [0, 0.05) is 19.1 Å². The number of rotatable bonds is 7. The van der Waals surface area contributed by atoms with Crippen LogP contribution < -0.4 is 10.5 Å². The van der Waals surface area contributed by atoms with Crippen LogP contribution in [0, 0.1) is 0 Å². The SMILES string of the molecule is CS(=O)(=O)N1CCC(NS(=O)(=O)CCCCN)CC1. The molecule has 114 valence electrons. The molecule has 0 unspecified atom stereocenters. The zero-order valence-electron chi connectivity index (χ0n) is 11.2. The van der Waals surface area contributed by atoms with Crippen LogP contribution in [0.5, 0.6) is 0 Å². The number of nitrogens with two attached hydrogens (primary N) is 1. The Bertz CT molecular complexity index is 467. The highest BCUT2D eigenvalue weighted by molar-refractivity contribution is 7.89. The molecule has 3 N–H and O–H groups in total. The number of sulfonamides is 2. The van der Waals surface area contributed by atoms with Gasteiger partial charge in [-0.25, -0.2) is 25.9 Å². The molecule has 1 heterocycles. The molecule has 9 heteroatoms. The molecule has 0 amide bonds. The number of nitrogens with one attached hydrogen (secondary N) is 1. The zero-order chi connectivity index (χ0) is 14.5. The minimum absolute atomic E-state index is 0.0799. The van der Waals surface area contributed by atoms with Gasteiger partial charge in [0.15, 0.2) is 0 Å². The quantitative estimate of drug-likeness (QED) is 0.590. The lowest BCUT2D eigenvalue weighted by Gasteiger charge is -2.30. The van der Waals surface area contributed by atoms with Crippen molar-refractivity contribution >= 4 is 20.0 Å². The Morgan fingerprint density at radius 2 is 1.74 bits per heavy atom. The van der Waals surface area contributed by atoms with E-state index in [-0.39, 0.29) is 11.8 Å². The summed E-state index contributed by atoms with van der Waals surface area (Å²) in [6.45, 7) is 1.23. The Morgan fingerprint density at radius 1 is 1.16 bits per heavy atom. The Labute approximate surface area is 115 Å². The van der Waals surface area contributed by atoms with Crippen molar-refractivity contribution in [1.82, 2.24) is 9.03 Å². The van der Waals surface area contributed by atoms with E-state index >= 15 is 0 Å². The lowest BCUT2D eigenvalue weighted by Crippen LogP contribution is -2.46. The van der Waals surface area contributed by atoms with E-state index in [0.29, 0.717) is 45.3 Å². The highest BCUT2D eigenvalue weighted by Gasteiger charge is 2.27. The minimum atomic E-state index is -3.28. The Hall–Kier alpha value is -0.220. The second-order valence-corrected chi connectivity index (χ2v) is 8.72. The molecule has 0 aromatic heterocycles. The third-order valence-corrected chi connectivity index (χ3v) is 5.96. The maximum absolute atomic E-state index is 11.8. The van der Waals surface area contributed by atoms with Crippen LogP contribution in [0.4, 0.5) is 0 Å². The van der Waals surface area contributed by atoms with Gasteiger partial charge >= 0.3 is 0 Å². The summed E-state index contributed by atoms with van der Waals surface area (Å²) in [7, 11) is -6.45. The number of hydrogen-bond acceptors (Lipinski definition) is 5. The van der Waals surface area contributed by atoms with Gasteiger partial charge in [0.1, 0.15) is 0 Å². The maximum atomic E-state index is 11.8. The van der Waals surface area contributed by atoms with Gasteiger partial charge in [-0.05, 0) is 32.2 Å². The summed E-state index contributed by atoms with van der Waals surface area (Å²) in [5.74, 6) is 0.0799. The molecule has 0 aromatic rings. The van der Waals surface area contributed by atoms with Gasteiger partial charge < -0.3 is 5.73 Å². The highest BCUT2D eigenvalue weighted by atomic mass is 32.2. The molecule has 0 spiro atoms. The fourth-order valence-corrected chi connectivity index (χ4v) is 4.37. The average Bonchev–Trinajstić information content (AvgIpc) is 2.28. The summed E-state index contributed by atoms with van der Waals surface area (Å²) in [6.07, 6.45) is 3.44. The monoisotopic (exact) mass is 313 g/mol. The van der Waals surface area contributed by atoms with Crippen molar-refractivity contribution in [1.29, 1.82) is 0 Å². The van der Waals surface area contributed by atoms with Crippen LogP contribution in [0.3, 0.4) is 0 Å². The second kappa shape index (κ2) is 6.98. The molecule has 0 saturated carbocycles. The number of hydrogen-bond donors (Lipinski definition) is 2. The summed E-state index contributed by atoms with van der Waals surface area (Å²) in [6, 6.07) is -0.166. The minimum Gasteiger partial charge on any atom is -0.330 e. The first-order valence-electron chi connectivity index (χ1n) is 6.40. The van der Waals surface area contributed by atoms with Crippen LogP contribution in [0.15, 0.2) is 0 Å². The summed E-state index contributed by atoms with van der Waals surface area (Å²) in [5.41, 5.74) is 5.32. The van der Waals surface area contributed by atoms with Crippen molar-refractivity contribution in [3.63, 3.8) is 0 Å². The van der Waals surface area contributed by atoms with Crippen LogP contribution in [0.25, 0.3) is 0 Å². The van der Waals surface area contributed by atoms with E-state index in [1.807, 2.05) is 0 Å². The maximum Gasteiger partial charge on any atom is 0.211 e. The summed E-state index contributed by atoms with van der Waals surface area (Å²) in [5, 5.41) is 0. The third kappa shape index (κ3) is 6.17. The molecular formula is C10H23N3O4S2. The standard InChI is InChI=1S/C10H23N3O4S2/c1-18(14,15)13-7-4-10(5-8-13)12-19(16,17)9-3-2-6-11/h10,12H,2-9,11H2,1H3. The first-order valence-corrected chi connectivity index (χ1v) is 9.90. The van der Waals surface area contributed by atoms with E-state index in [1.165, 1.54) is 10.6 Å². The fraction of sp³-hybridized carbons (Fsp3) is 1.00. The third-order valence-electron chi connectivity index (χ3n) is 3.14. The molecular weight excluding hydrogens is 290 g/mol. The molecule has 0 aliphatic carbocycles. The lowest BCUT2D eigenvalue weighted by molar-refractivity contribution is 0.310. The molecule has 0 atom stereocenters. The van der Waals surface area contributed by atoms with Crippen LogP contribution in [-0.4, -0.2) is 58.8 Å². The van der Waals surface area contributed by atoms with Gasteiger partial charge in [-0.1, -0.05) is 0 Å². The molecule has 1 aliphatic heterocycles. The van der Waals surface area contributed by atoms with Crippen LogP contribution in [0.2, 0.25) is 0 Å². The van der Waals surface area contributed by atoms with Gasteiger partial charge in [-0.2, -0.15) is 0 Å². The molecule has 1 rings (SSSR count). The molecule has 0 bridgehead atoms. The molecule has 0 radical (unpaired) electrons. The number of piperidine rings is 1. The number of unbranched alkanes of at least 4 members (excludes halogenated alkanes) is 1. The Kier molecular flexibility index (Phi) is 6.18. The molecule has 0 aromatic carbocycles. The Balaban J connectivity index is 2.40. The zero-order valence-corrected chi connectivity index (χ0v) is 12.8. The Morgan fingerprint density at radius 3 is 2.21 bits per heavy atom. The van der Waals surface area contributed by atoms with E-state index in [0.717, 1.165) is 0 Å². The van der Waals surface area contributed by atoms with Gasteiger partial charge in [-0.3, -0.25) is 0 Å². The second-order valence-electron chi connectivity index (χ2n) is 4.87. The lowest BCUT2D eigenvalue weighted by atomic mass is 10.1. The van der Waals surface area contributed by atoms with E-state index < -0.39 is 20.0 Å². The predicted molar refractivity (Wildman–Crippen MR) is 74.6 cm³/mol. The number of nitrogens with zero attached hydrogens (tertiary/aromatic N) is 1. The van der Waals surface area contributed by atoms with Crippen LogP contribution in [0.1, 0.15) is 25.7 Å². The van der Waals surface area contributed by atoms with Crippen molar-refractivity contribution in [2.45, 2.75) is 31.7 Å². The smallest absolute Gasteiger partial charge is 0.211 e. The summed E-state index contributed by atoms with van der Waals surface area (Å²) >= 11 is 0. The van der Waals surface area contributed by atoms with Crippen molar-refractivity contribution in [3.05, 3.63) is 0 Å². The van der Waals surface area contributed by atoms with Crippen molar-refractivity contribution in [2.75, 3.05) is 31.6 Å². The molecule has 1 saturated heterocycles. The van der Waals surface area contributed by atoms with E-state index in [1.54, 1.807) is 0 Å². The summed E-state index contributed by atoms with van der Waals surface area (Å²) in [4.78, 5) is 0. The first kappa shape index (κ1) is 16.8. The highest BCUT2D eigenvalue weighted by Crippen LogP contribution is 2.14. The van der Waals surface area contributed by atoms with Gasteiger partial charge in [0.25, 0.3) is 0 Å². The molecule has 1 fully saturated rings. The largest absolute Gasteiger partial charge is 0.330 e. The summed E-state index contributed by atoms with van der Waals surface area (Å²) < 4.78 is 50.2. The van der Waals surface area contributed by atoms with Crippen molar-refractivity contribution < 1.29 is 16.8 Å². The van der Waals surface area contributed by atoms with Crippen LogP contribution in [-0.2, 0) is 20.0 Å². The average molecular weight is 313 g/mol. The normalized spacial score (nSPS) is 19.7. The molecule has 19 heavy (non-hydrogen) atoms. The molecule has 7 nitrogen and oxygen atoms in total. The van der Waals surface area contributed by atoms with E-state index in [4.69, 9.17) is 5.73 Å². The van der Waals surface area contributed by atoms with Gasteiger partial charge in [0.05, 0.1) is 12.0 Å². The van der Waals surface area contributed by atoms with Gasteiger partial charge in [-0.15, -0.1) is 0 Å². The first-order chi connectivity index (χ1) is 8.74. The fourth-order valence-electron chi connectivity index (χ4n) is 2.05. The molecule has 1 aliphatic rings. The predicted octanol–water partition coefficient (Wildman–Crippen LogP) is -0.931.